The lowest BCUT2D eigenvalue weighted by atomic mass is 9.78. The molecular weight excluding hydrogens is 340 g/mol. The van der Waals surface area contributed by atoms with Crippen molar-refractivity contribution in [1.29, 1.82) is 0 Å². The summed E-state index contributed by atoms with van der Waals surface area (Å²) >= 11 is 0. The number of nitrogens with one attached hydrogen (secondary N) is 4. The number of amides is 2. The molecule has 1 aromatic carbocycles. The average molecular weight is 373 g/mol. The second-order valence-electron chi connectivity index (χ2n) is 8.31. The molecule has 0 saturated heterocycles. The van der Waals surface area contributed by atoms with Gasteiger partial charge in [-0.05, 0) is 57.6 Å². The van der Waals surface area contributed by atoms with Gasteiger partial charge >= 0.3 is 0 Å². The number of hydrogen-bond acceptors (Lipinski definition) is 4. The van der Waals surface area contributed by atoms with Crippen LogP contribution in [-0.4, -0.2) is 36.0 Å². The van der Waals surface area contributed by atoms with Gasteiger partial charge in [0.15, 0.2) is 0 Å². The Morgan fingerprint density at radius 1 is 1.04 bits per heavy atom. The van der Waals surface area contributed by atoms with Crippen molar-refractivity contribution in [2.24, 2.45) is 0 Å². The van der Waals surface area contributed by atoms with E-state index in [-0.39, 0.29) is 25.7 Å². The molecule has 6 nitrogen and oxygen atoms in total. The van der Waals surface area contributed by atoms with Crippen molar-refractivity contribution in [3.63, 3.8) is 0 Å². The lowest BCUT2D eigenvalue weighted by Gasteiger charge is -2.40. The van der Waals surface area contributed by atoms with Gasteiger partial charge in [0, 0.05) is 38.8 Å². The molecule has 3 aliphatic rings. The van der Waals surface area contributed by atoms with E-state index in [4.69, 9.17) is 0 Å². The molecule has 0 aromatic heterocycles. The Kier molecular flexibility index (Phi) is 4.58. The summed E-state index contributed by atoms with van der Waals surface area (Å²) in [5.41, 5.74) is 1.97. The molecule has 2 amide bonds. The standard InChI is InChI=1S/C21H28N4O2.2H2/c1-15-4-2-5-16(12-15)18(26)24-20-6-3-7-21(14-20,9-8-20)25-19(27)17-13-22-10-11-23-17;;/h2,4-5,12-13,22-23H,3,6-11,14H2,1H3,(H,24,26)(H,25,27);2*1H. The van der Waals surface area contributed by atoms with Gasteiger partial charge in [-0.3, -0.25) is 9.59 Å². The lowest BCUT2D eigenvalue weighted by molar-refractivity contribution is -0.120. The second-order valence-corrected chi connectivity index (χ2v) is 8.31. The maximum absolute atomic E-state index is 12.8. The predicted octanol–water partition coefficient (Wildman–Crippen LogP) is 2.21. The summed E-state index contributed by atoms with van der Waals surface area (Å²) in [5, 5.41) is 12.8. The van der Waals surface area contributed by atoms with Gasteiger partial charge in [-0.15, -0.1) is 0 Å². The normalized spacial score (nSPS) is 29.1. The van der Waals surface area contributed by atoms with E-state index >= 15 is 0 Å². The van der Waals surface area contributed by atoms with Crippen molar-refractivity contribution in [1.82, 2.24) is 21.3 Å². The summed E-state index contributed by atoms with van der Waals surface area (Å²) in [6.07, 6.45) is 7.35. The fourth-order valence-corrected chi connectivity index (χ4v) is 4.88. The number of hydrogen-bond donors (Lipinski definition) is 4. The highest BCUT2D eigenvalue weighted by Gasteiger charge is 2.52. The Bertz CT molecular complexity index is 801. The quantitative estimate of drug-likeness (QED) is 0.653. The molecule has 0 radical (unpaired) electrons. The Balaban J connectivity index is 0.00000150. The number of carbonyl (C=O) groups is 2. The van der Waals surface area contributed by atoms with Gasteiger partial charge < -0.3 is 21.3 Å². The number of carbonyl (C=O) groups excluding carboxylic acids is 2. The van der Waals surface area contributed by atoms with E-state index in [1.54, 1.807) is 6.20 Å². The fraction of sp³-hybridized carbons (Fsp3) is 0.524. The van der Waals surface area contributed by atoms with E-state index in [2.05, 4.69) is 21.3 Å². The first-order valence-electron chi connectivity index (χ1n) is 9.89. The third kappa shape index (κ3) is 3.66. The molecule has 6 heteroatoms. The molecule has 1 aromatic rings. The Hall–Kier alpha value is -2.50. The minimum Gasteiger partial charge on any atom is -0.387 e. The van der Waals surface area contributed by atoms with E-state index in [9.17, 15) is 9.59 Å². The molecule has 1 heterocycles. The average Bonchev–Trinajstić information content (AvgIpc) is 2.92. The van der Waals surface area contributed by atoms with Crippen molar-refractivity contribution < 1.29 is 12.4 Å². The molecule has 0 spiro atoms. The van der Waals surface area contributed by atoms with Gasteiger partial charge in [0.2, 0.25) is 0 Å². The first-order valence-corrected chi connectivity index (χ1v) is 9.89. The van der Waals surface area contributed by atoms with Crippen molar-refractivity contribution in [3.05, 3.63) is 47.3 Å². The van der Waals surface area contributed by atoms with Crippen molar-refractivity contribution in [2.75, 3.05) is 13.1 Å². The summed E-state index contributed by atoms with van der Waals surface area (Å²) in [4.78, 5) is 25.5. The fourth-order valence-electron chi connectivity index (χ4n) is 4.88. The maximum atomic E-state index is 12.8. The first kappa shape index (κ1) is 17.9. The highest BCUT2D eigenvalue weighted by molar-refractivity contribution is 5.95. The molecule has 148 valence electrons. The van der Waals surface area contributed by atoms with Gasteiger partial charge in [0.05, 0.1) is 0 Å². The predicted molar refractivity (Wildman–Crippen MR) is 108 cm³/mol. The van der Waals surface area contributed by atoms with E-state index in [0.29, 0.717) is 11.3 Å². The third-order valence-corrected chi connectivity index (χ3v) is 6.18. The van der Waals surface area contributed by atoms with Crippen LogP contribution in [0.5, 0.6) is 0 Å². The zero-order valence-corrected chi connectivity index (χ0v) is 15.9. The highest BCUT2D eigenvalue weighted by atomic mass is 16.2. The summed E-state index contributed by atoms with van der Waals surface area (Å²) in [5.74, 6) is -0.0616. The van der Waals surface area contributed by atoms with Crippen molar-refractivity contribution in [2.45, 2.75) is 56.5 Å². The van der Waals surface area contributed by atoms with Crippen LogP contribution in [0.15, 0.2) is 36.2 Å². The molecule has 4 N–H and O–H groups in total. The van der Waals surface area contributed by atoms with Gasteiger partial charge in [0.25, 0.3) is 11.8 Å². The largest absolute Gasteiger partial charge is 0.387 e. The molecule has 4 rings (SSSR count). The number of rotatable bonds is 4. The van der Waals surface area contributed by atoms with Crippen LogP contribution in [-0.2, 0) is 4.79 Å². The summed E-state index contributed by atoms with van der Waals surface area (Å²) in [6, 6.07) is 7.70. The van der Waals surface area contributed by atoms with E-state index in [1.807, 2.05) is 31.2 Å². The van der Waals surface area contributed by atoms with E-state index < -0.39 is 0 Å². The number of fused-ring (bicyclic) bond motifs is 2. The Morgan fingerprint density at radius 2 is 1.78 bits per heavy atom. The summed E-state index contributed by atoms with van der Waals surface area (Å²) in [6.45, 7) is 3.58. The smallest absolute Gasteiger partial charge is 0.269 e. The minimum absolute atomic E-state index is 0. The van der Waals surface area contributed by atoms with E-state index in [0.717, 1.165) is 57.2 Å². The van der Waals surface area contributed by atoms with Crippen LogP contribution >= 0.6 is 0 Å². The third-order valence-electron chi connectivity index (χ3n) is 6.18. The van der Waals surface area contributed by atoms with Crippen LogP contribution in [0.3, 0.4) is 0 Å². The molecule has 27 heavy (non-hydrogen) atoms. The van der Waals surface area contributed by atoms with Gasteiger partial charge in [-0.1, -0.05) is 17.7 Å². The number of aryl methyl sites for hydroxylation is 1. The zero-order chi connectivity index (χ0) is 18.9. The van der Waals surface area contributed by atoms with Gasteiger partial charge in [0.1, 0.15) is 5.70 Å². The Labute approximate surface area is 163 Å². The van der Waals surface area contributed by atoms with Crippen LogP contribution in [0, 0.1) is 6.92 Å². The molecule has 2 saturated carbocycles. The lowest BCUT2D eigenvalue weighted by Crippen LogP contribution is -2.56. The molecule has 1 aliphatic heterocycles. The van der Waals surface area contributed by atoms with Gasteiger partial charge in [-0.2, -0.15) is 0 Å². The monoisotopic (exact) mass is 372 g/mol. The second kappa shape index (κ2) is 6.91. The molecule has 2 bridgehead atoms. The van der Waals surface area contributed by atoms with Crippen LogP contribution in [0.25, 0.3) is 0 Å². The van der Waals surface area contributed by atoms with Crippen molar-refractivity contribution in [3.8, 4) is 0 Å². The SMILES string of the molecule is Cc1cccc(C(=O)NC23CCCC(NC(=O)C4=CNCCN4)(CC2)C3)c1.[HH].[HH]. The maximum Gasteiger partial charge on any atom is 0.269 e. The molecule has 2 aliphatic carbocycles. The topological polar surface area (TPSA) is 82.3 Å². The Morgan fingerprint density at radius 3 is 2.44 bits per heavy atom. The van der Waals surface area contributed by atoms with Crippen LogP contribution in [0.2, 0.25) is 0 Å². The zero-order valence-electron chi connectivity index (χ0n) is 15.9. The first-order chi connectivity index (χ1) is 13.0. The summed E-state index contributed by atoms with van der Waals surface area (Å²) < 4.78 is 0. The van der Waals surface area contributed by atoms with Gasteiger partial charge in [-0.25, -0.2) is 0 Å². The molecule has 2 fully saturated rings. The highest BCUT2D eigenvalue weighted by Crippen LogP contribution is 2.48. The molecular formula is C21H32N4O2. The number of benzene rings is 1. The summed E-state index contributed by atoms with van der Waals surface area (Å²) in [7, 11) is 0. The molecule has 2 unspecified atom stereocenters. The van der Waals surface area contributed by atoms with Crippen LogP contribution < -0.4 is 21.3 Å². The minimum atomic E-state index is -0.213. The van der Waals surface area contributed by atoms with Crippen LogP contribution in [0.4, 0.5) is 0 Å². The van der Waals surface area contributed by atoms with Crippen LogP contribution in [0.1, 0.15) is 57.3 Å². The molecule has 2 atom stereocenters. The van der Waals surface area contributed by atoms with Crippen molar-refractivity contribution >= 4 is 11.8 Å². The van der Waals surface area contributed by atoms with E-state index in [1.165, 1.54) is 0 Å².